The van der Waals surface area contributed by atoms with Gasteiger partial charge in [-0.2, -0.15) is 0 Å². The number of esters is 1. The van der Waals surface area contributed by atoms with Crippen LogP contribution in [-0.2, 0) is 14.3 Å². The van der Waals surface area contributed by atoms with Crippen LogP contribution in [0.5, 0.6) is 0 Å². The van der Waals surface area contributed by atoms with Gasteiger partial charge in [0.25, 0.3) is 0 Å². The van der Waals surface area contributed by atoms with Crippen LogP contribution >= 0.6 is 0 Å². The fraction of sp³-hybridized carbons (Fsp3) is 0.400. The fourth-order valence-electron chi connectivity index (χ4n) is 1.40. The third-order valence-electron chi connectivity index (χ3n) is 2.25. The van der Waals surface area contributed by atoms with Crippen molar-refractivity contribution in [2.24, 2.45) is 5.92 Å². The van der Waals surface area contributed by atoms with E-state index in [4.69, 9.17) is 15.2 Å². The number of benzene rings is 1. The lowest BCUT2D eigenvalue weighted by Crippen LogP contribution is -2.11. The van der Waals surface area contributed by atoms with Gasteiger partial charge in [-0.25, -0.2) is 4.79 Å². The zero-order chi connectivity index (χ0) is 14.1. The van der Waals surface area contributed by atoms with Crippen molar-refractivity contribution in [3.63, 3.8) is 0 Å². The Labute approximate surface area is 114 Å². The molecule has 0 spiro atoms. The molecule has 1 rings (SSSR count). The summed E-state index contributed by atoms with van der Waals surface area (Å²) in [4.78, 5) is 11.4. The van der Waals surface area contributed by atoms with Crippen molar-refractivity contribution in [2.75, 3.05) is 25.6 Å². The third kappa shape index (κ3) is 7.26. The Hall–Kier alpha value is -1.81. The van der Waals surface area contributed by atoms with Crippen molar-refractivity contribution in [2.45, 2.75) is 13.8 Å². The molecule has 0 aliphatic rings. The van der Waals surface area contributed by atoms with Gasteiger partial charge in [0, 0.05) is 18.4 Å². The van der Waals surface area contributed by atoms with Crippen LogP contribution in [0.3, 0.4) is 0 Å². The quantitative estimate of drug-likeness (QED) is 0.355. The number of rotatable bonds is 7. The summed E-state index contributed by atoms with van der Waals surface area (Å²) in [6, 6.07) is 7.28. The van der Waals surface area contributed by atoms with Gasteiger partial charge in [-0.1, -0.05) is 26.0 Å². The summed E-state index contributed by atoms with van der Waals surface area (Å²) < 4.78 is 10.3. The summed E-state index contributed by atoms with van der Waals surface area (Å²) in [5.74, 6) is 0.106. The Balaban J connectivity index is 2.24. The Morgan fingerprint density at radius 1 is 1.37 bits per heavy atom. The first-order valence-electron chi connectivity index (χ1n) is 6.36. The zero-order valence-corrected chi connectivity index (χ0v) is 11.5. The molecule has 0 radical (unpaired) electrons. The molecular weight excluding hydrogens is 242 g/mol. The van der Waals surface area contributed by atoms with Crippen LogP contribution in [0, 0.1) is 5.92 Å². The standard InChI is InChI=1S/C15H21NO3/c1-12(2)11-18-8-9-19-15(17)7-6-13-4-3-5-14(16)10-13/h3-7,10,12H,8-9,11,16H2,1-2H3/b7-6+. The molecule has 2 N–H and O–H groups in total. The monoisotopic (exact) mass is 263 g/mol. The Morgan fingerprint density at radius 2 is 2.16 bits per heavy atom. The lowest BCUT2D eigenvalue weighted by atomic mass is 10.2. The molecule has 0 bridgehead atoms. The third-order valence-corrected chi connectivity index (χ3v) is 2.25. The van der Waals surface area contributed by atoms with Crippen molar-refractivity contribution in [3.05, 3.63) is 35.9 Å². The summed E-state index contributed by atoms with van der Waals surface area (Å²) in [6.07, 6.45) is 3.06. The first kappa shape index (κ1) is 15.2. The van der Waals surface area contributed by atoms with Crippen molar-refractivity contribution in [1.29, 1.82) is 0 Å². The van der Waals surface area contributed by atoms with Crippen LogP contribution in [0.25, 0.3) is 6.08 Å². The summed E-state index contributed by atoms with van der Waals surface area (Å²) in [5.41, 5.74) is 7.17. The van der Waals surface area contributed by atoms with Crippen molar-refractivity contribution >= 4 is 17.7 Å². The molecule has 0 aromatic heterocycles. The van der Waals surface area contributed by atoms with Gasteiger partial charge < -0.3 is 15.2 Å². The first-order valence-corrected chi connectivity index (χ1v) is 6.36. The second-order valence-corrected chi connectivity index (χ2v) is 4.64. The van der Waals surface area contributed by atoms with E-state index < -0.39 is 0 Å². The molecule has 19 heavy (non-hydrogen) atoms. The van der Waals surface area contributed by atoms with Crippen LogP contribution in [0.2, 0.25) is 0 Å². The van der Waals surface area contributed by atoms with Gasteiger partial charge in [0.05, 0.1) is 6.61 Å². The van der Waals surface area contributed by atoms with Gasteiger partial charge in [-0.3, -0.25) is 0 Å². The molecule has 0 fully saturated rings. The average Bonchev–Trinajstić information content (AvgIpc) is 2.35. The number of nitrogens with two attached hydrogens (primary N) is 1. The van der Waals surface area contributed by atoms with E-state index in [0.717, 1.165) is 5.56 Å². The van der Waals surface area contributed by atoms with E-state index in [1.165, 1.54) is 6.08 Å². The molecule has 1 aromatic carbocycles. The molecule has 4 heteroatoms. The number of nitrogen functional groups attached to an aromatic ring is 1. The van der Waals surface area contributed by atoms with Crippen molar-refractivity contribution < 1.29 is 14.3 Å². The minimum absolute atomic E-state index is 0.271. The highest BCUT2D eigenvalue weighted by atomic mass is 16.6. The maximum Gasteiger partial charge on any atom is 0.330 e. The number of anilines is 1. The molecule has 0 heterocycles. The Morgan fingerprint density at radius 3 is 2.84 bits per heavy atom. The Kier molecular flexibility index (Phi) is 6.68. The Bertz CT molecular complexity index is 427. The predicted molar refractivity (Wildman–Crippen MR) is 76.5 cm³/mol. The number of hydrogen-bond acceptors (Lipinski definition) is 4. The maximum atomic E-state index is 11.4. The number of hydrogen-bond donors (Lipinski definition) is 1. The van der Waals surface area contributed by atoms with E-state index in [2.05, 4.69) is 13.8 Å². The zero-order valence-electron chi connectivity index (χ0n) is 11.5. The van der Waals surface area contributed by atoms with Gasteiger partial charge in [-0.15, -0.1) is 0 Å². The smallest absolute Gasteiger partial charge is 0.330 e. The molecule has 1 aromatic rings. The van der Waals surface area contributed by atoms with Crippen LogP contribution in [0.15, 0.2) is 30.3 Å². The molecule has 0 saturated carbocycles. The van der Waals surface area contributed by atoms with E-state index in [1.807, 2.05) is 12.1 Å². The molecule has 104 valence electrons. The van der Waals surface area contributed by atoms with E-state index in [-0.39, 0.29) is 12.6 Å². The van der Waals surface area contributed by atoms with Crippen LogP contribution in [-0.4, -0.2) is 25.8 Å². The van der Waals surface area contributed by atoms with Gasteiger partial charge >= 0.3 is 5.97 Å². The highest BCUT2D eigenvalue weighted by Crippen LogP contribution is 2.08. The van der Waals surface area contributed by atoms with Crippen LogP contribution in [0.4, 0.5) is 5.69 Å². The van der Waals surface area contributed by atoms with E-state index in [1.54, 1.807) is 18.2 Å². The van der Waals surface area contributed by atoms with Crippen LogP contribution < -0.4 is 5.73 Å². The second-order valence-electron chi connectivity index (χ2n) is 4.64. The lowest BCUT2D eigenvalue weighted by molar-refractivity contribution is -0.139. The molecule has 0 amide bonds. The topological polar surface area (TPSA) is 61.5 Å². The first-order chi connectivity index (χ1) is 9.08. The second kappa shape index (κ2) is 8.32. The SMILES string of the molecule is CC(C)COCCOC(=O)/C=C/c1cccc(N)c1. The highest BCUT2D eigenvalue weighted by molar-refractivity contribution is 5.87. The molecule has 0 unspecified atom stereocenters. The molecule has 4 nitrogen and oxygen atoms in total. The summed E-state index contributed by atoms with van der Waals surface area (Å²) in [7, 11) is 0. The van der Waals surface area contributed by atoms with Crippen LogP contribution in [0.1, 0.15) is 19.4 Å². The summed E-state index contributed by atoms with van der Waals surface area (Å²) in [5, 5.41) is 0. The normalized spacial score (nSPS) is 11.1. The number of ether oxygens (including phenoxy) is 2. The van der Waals surface area contributed by atoms with E-state index >= 15 is 0 Å². The minimum atomic E-state index is -0.379. The van der Waals surface area contributed by atoms with Gasteiger partial charge in [0.1, 0.15) is 6.61 Å². The van der Waals surface area contributed by atoms with E-state index in [9.17, 15) is 4.79 Å². The van der Waals surface area contributed by atoms with Gasteiger partial charge in [0.15, 0.2) is 0 Å². The fourth-order valence-corrected chi connectivity index (χ4v) is 1.40. The predicted octanol–water partition coefficient (Wildman–Crippen LogP) is 2.50. The van der Waals surface area contributed by atoms with Gasteiger partial charge in [-0.05, 0) is 29.7 Å². The minimum Gasteiger partial charge on any atom is -0.460 e. The molecule has 0 aliphatic carbocycles. The number of carbonyl (C=O) groups is 1. The van der Waals surface area contributed by atoms with Crippen molar-refractivity contribution in [1.82, 2.24) is 0 Å². The molecule has 0 aliphatic heterocycles. The molecular formula is C15H21NO3. The van der Waals surface area contributed by atoms with E-state index in [0.29, 0.717) is 24.8 Å². The van der Waals surface area contributed by atoms with Crippen molar-refractivity contribution in [3.8, 4) is 0 Å². The molecule has 0 atom stereocenters. The number of carbonyl (C=O) groups excluding carboxylic acids is 1. The highest BCUT2D eigenvalue weighted by Gasteiger charge is 1.98. The molecule has 0 saturated heterocycles. The average molecular weight is 263 g/mol. The van der Waals surface area contributed by atoms with Gasteiger partial charge in [0.2, 0.25) is 0 Å². The largest absolute Gasteiger partial charge is 0.460 e. The summed E-state index contributed by atoms with van der Waals surface area (Å²) >= 11 is 0. The summed E-state index contributed by atoms with van der Waals surface area (Å²) in [6.45, 7) is 5.51. The maximum absolute atomic E-state index is 11.4. The lowest BCUT2D eigenvalue weighted by Gasteiger charge is -2.06.